The first-order valence-corrected chi connectivity index (χ1v) is 15.6. The summed E-state index contributed by atoms with van der Waals surface area (Å²) in [6.45, 7) is 3.13. The minimum Gasteiger partial charge on any atom is -0.493 e. The van der Waals surface area contributed by atoms with E-state index in [1.807, 2.05) is 6.92 Å². The number of benzene rings is 3. The van der Waals surface area contributed by atoms with Crippen LogP contribution in [0.5, 0.6) is 11.5 Å². The molecule has 0 saturated heterocycles. The number of carbonyl (C=O) groups excluding carboxylic acids is 2. The summed E-state index contributed by atoms with van der Waals surface area (Å²) >= 11 is 12.5. The van der Waals surface area contributed by atoms with Crippen molar-refractivity contribution in [3.05, 3.63) is 82.1 Å². The molecule has 3 aromatic rings. The van der Waals surface area contributed by atoms with E-state index in [9.17, 15) is 22.4 Å². The van der Waals surface area contributed by atoms with Crippen LogP contribution in [-0.4, -0.2) is 58.5 Å². The molecule has 43 heavy (non-hydrogen) atoms. The summed E-state index contributed by atoms with van der Waals surface area (Å²) in [6.07, 6.45) is 1.61. The molecule has 9 nitrogen and oxygen atoms in total. The summed E-state index contributed by atoms with van der Waals surface area (Å²) in [7, 11) is -1.64. The zero-order chi connectivity index (χ0) is 31.7. The topological polar surface area (TPSA) is 105 Å². The van der Waals surface area contributed by atoms with Gasteiger partial charge in [-0.15, -0.1) is 0 Å². The zero-order valence-electron chi connectivity index (χ0n) is 24.3. The Morgan fingerprint density at radius 1 is 0.977 bits per heavy atom. The minimum atomic E-state index is -4.42. The molecular weight excluding hydrogens is 620 g/mol. The van der Waals surface area contributed by atoms with Crippen molar-refractivity contribution in [3.63, 3.8) is 0 Å². The van der Waals surface area contributed by atoms with Crippen LogP contribution in [0, 0.1) is 5.82 Å². The third-order valence-corrected chi connectivity index (χ3v) is 9.05. The van der Waals surface area contributed by atoms with Crippen LogP contribution in [0.2, 0.25) is 10.0 Å². The SMILES string of the molecule is CCCCNC(=O)C(C)N(Cc1ccc(Cl)cc1Cl)C(=O)CN(c1ccc(F)cc1)S(=O)(=O)c1ccc(OC)c(OC)c1. The number of hydrogen-bond donors (Lipinski definition) is 1. The van der Waals surface area contributed by atoms with Gasteiger partial charge in [0.15, 0.2) is 11.5 Å². The Labute approximate surface area is 261 Å². The Bertz CT molecular complexity index is 1540. The van der Waals surface area contributed by atoms with E-state index in [4.69, 9.17) is 32.7 Å². The van der Waals surface area contributed by atoms with Gasteiger partial charge < -0.3 is 19.7 Å². The van der Waals surface area contributed by atoms with Gasteiger partial charge in [0.1, 0.15) is 18.4 Å². The Morgan fingerprint density at radius 2 is 1.65 bits per heavy atom. The molecule has 1 atom stereocenters. The van der Waals surface area contributed by atoms with Gasteiger partial charge >= 0.3 is 0 Å². The van der Waals surface area contributed by atoms with Crippen LogP contribution in [0.4, 0.5) is 10.1 Å². The molecule has 0 aromatic heterocycles. The third kappa shape index (κ3) is 8.52. The number of hydrogen-bond acceptors (Lipinski definition) is 6. The van der Waals surface area contributed by atoms with Gasteiger partial charge in [-0.05, 0) is 67.4 Å². The van der Waals surface area contributed by atoms with Crippen LogP contribution < -0.4 is 19.1 Å². The lowest BCUT2D eigenvalue weighted by atomic mass is 10.1. The maximum Gasteiger partial charge on any atom is 0.264 e. The third-order valence-electron chi connectivity index (χ3n) is 6.69. The number of halogens is 3. The maximum absolute atomic E-state index is 14.0. The molecule has 232 valence electrons. The summed E-state index contributed by atoms with van der Waals surface area (Å²) < 4.78 is 53.2. The first-order valence-electron chi connectivity index (χ1n) is 13.4. The summed E-state index contributed by atoms with van der Waals surface area (Å²) in [6, 6.07) is 12.4. The highest BCUT2D eigenvalue weighted by atomic mass is 35.5. The first kappa shape index (κ1) is 34.0. The molecule has 0 aliphatic heterocycles. The molecule has 0 fully saturated rings. The predicted octanol–water partition coefficient (Wildman–Crippen LogP) is 5.68. The standard InChI is InChI=1S/C30H34Cl2FN3O6S/c1-5-6-15-34-30(38)20(2)35(18-21-7-8-22(31)16-26(21)32)29(37)19-36(24-11-9-23(33)10-12-24)43(39,40)25-13-14-27(41-3)28(17-25)42-4/h7-14,16-17,20H,5-6,15,18-19H2,1-4H3,(H,34,38). The molecule has 13 heteroatoms. The lowest BCUT2D eigenvalue weighted by Gasteiger charge is -2.32. The van der Waals surface area contributed by atoms with Crippen molar-refractivity contribution in [3.8, 4) is 11.5 Å². The van der Waals surface area contributed by atoms with Gasteiger partial charge in [-0.3, -0.25) is 13.9 Å². The van der Waals surface area contributed by atoms with Crippen LogP contribution in [0.3, 0.4) is 0 Å². The van der Waals surface area contributed by atoms with E-state index in [0.29, 0.717) is 22.9 Å². The van der Waals surface area contributed by atoms with Crippen molar-refractivity contribution >= 4 is 50.7 Å². The highest BCUT2D eigenvalue weighted by Crippen LogP contribution is 2.32. The van der Waals surface area contributed by atoms with Crippen LogP contribution >= 0.6 is 23.2 Å². The Hall–Kier alpha value is -3.54. The quantitative estimate of drug-likeness (QED) is 0.225. The van der Waals surface area contributed by atoms with Crippen LogP contribution in [0.1, 0.15) is 32.3 Å². The van der Waals surface area contributed by atoms with Gasteiger partial charge in [-0.2, -0.15) is 0 Å². The normalized spacial score (nSPS) is 11.9. The Balaban J connectivity index is 2.06. The average molecular weight is 655 g/mol. The lowest BCUT2D eigenvalue weighted by molar-refractivity contribution is -0.139. The number of carbonyl (C=O) groups is 2. The van der Waals surface area contributed by atoms with Gasteiger partial charge in [0.25, 0.3) is 10.0 Å². The number of nitrogens with one attached hydrogen (secondary N) is 1. The number of nitrogens with zero attached hydrogens (tertiary/aromatic N) is 2. The molecule has 0 aliphatic carbocycles. The lowest BCUT2D eigenvalue weighted by Crippen LogP contribution is -2.51. The van der Waals surface area contributed by atoms with Gasteiger partial charge in [-0.25, -0.2) is 12.8 Å². The van der Waals surface area contributed by atoms with Crippen LogP contribution in [0.15, 0.2) is 65.6 Å². The molecule has 1 N–H and O–H groups in total. The van der Waals surface area contributed by atoms with Crippen molar-refractivity contribution < 1.29 is 31.9 Å². The van der Waals surface area contributed by atoms with Gasteiger partial charge in [0.05, 0.1) is 24.8 Å². The number of amides is 2. The number of anilines is 1. The molecule has 0 spiro atoms. The highest BCUT2D eigenvalue weighted by Gasteiger charge is 2.33. The van der Waals surface area contributed by atoms with Gasteiger partial charge in [-0.1, -0.05) is 42.6 Å². The number of unbranched alkanes of at least 4 members (excludes halogenated alkanes) is 1. The monoisotopic (exact) mass is 653 g/mol. The number of rotatable bonds is 14. The molecule has 0 aliphatic rings. The Kier molecular flexibility index (Phi) is 12.1. The van der Waals surface area contributed by atoms with E-state index < -0.39 is 40.2 Å². The van der Waals surface area contributed by atoms with Crippen molar-refractivity contribution in [1.82, 2.24) is 10.2 Å². The molecule has 0 radical (unpaired) electrons. The molecule has 3 rings (SSSR count). The van der Waals surface area contributed by atoms with Crippen molar-refractivity contribution in [1.29, 1.82) is 0 Å². The van der Waals surface area contributed by atoms with Gasteiger partial charge in [0, 0.05) is 29.2 Å². The highest BCUT2D eigenvalue weighted by molar-refractivity contribution is 7.92. The second-order valence-electron chi connectivity index (χ2n) is 9.58. The predicted molar refractivity (Wildman–Crippen MR) is 165 cm³/mol. The van der Waals surface area contributed by atoms with Crippen molar-refractivity contribution in [2.24, 2.45) is 0 Å². The molecule has 3 aromatic carbocycles. The maximum atomic E-state index is 14.0. The fraction of sp³-hybridized carbons (Fsp3) is 0.333. The van der Waals surface area contributed by atoms with Crippen LogP contribution in [0.25, 0.3) is 0 Å². The van der Waals surface area contributed by atoms with E-state index in [-0.39, 0.29) is 27.9 Å². The second-order valence-corrected chi connectivity index (χ2v) is 12.3. The van der Waals surface area contributed by atoms with E-state index in [1.165, 1.54) is 55.5 Å². The largest absolute Gasteiger partial charge is 0.493 e. The van der Waals surface area contributed by atoms with E-state index in [0.717, 1.165) is 29.3 Å². The zero-order valence-corrected chi connectivity index (χ0v) is 26.6. The summed E-state index contributed by atoms with van der Waals surface area (Å²) in [4.78, 5) is 28.1. The molecule has 1 unspecified atom stereocenters. The van der Waals surface area contributed by atoms with Gasteiger partial charge in [0.2, 0.25) is 11.8 Å². The van der Waals surface area contributed by atoms with E-state index in [2.05, 4.69) is 5.32 Å². The fourth-order valence-corrected chi connectivity index (χ4v) is 6.09. The summed E-state index contributed by atoms with van der Waals surface area (Å²) in [5, 5.41) is 3.48. The molecule has 2 amide bonds. The minimum absolute atomic E-state index is 0.0362. The summed E-state index contributed by atoms with van der Waals surface area (Å²) in [5.41, 5.74) is 0.540. The first-order chi connectivity index (χ1) is 20.4. The molecule has 0 bridgehead atoms. The van der Waals surface area contributed by atoms with E-state index in [1.54, 1.807) is 19.1 Å². The molecule has 0 heterocycles. The van der Waals surface area contributed by atoms with E-state index >= 15 is 0 Å². The number of methoxy groups -OCH3 is 2. The second kappa shape index (κ2) is 15.3. The molecule has 0 saturated carbocycles. The smallest absolute Gasteiger partial charge is 0.264 e. The number of ether oxygens (including phenoxy) is 2. The van der Waals surface area contributed by atoms with Crippen LogP contribution in [-0.2, 0) is 26.2 Å². The summed E-state index contributed by atoms with van der Waals surface area (Å²) in [5.74, 6) is -1.24. The average Bonchev–Trinajstić information content (AvgIpc) is 2.99. The Morgan fingerprint density at radius 3 is 2.26 bits per heavy atom. The molecular formula is C30H34Cl2FN3O6S. The fourth-order valence-electron chi connectivity index (χ4n) is 4.19. The van der Waals surface area contributed by atoms with Crippen molar-refractivity contribution in [2.45, 2.75) is 44.2 Å². The van der Waals surface area contributed by atoms with Crippen molar-refractivity contribution in [2.75, 3.05) is 31.6 Å². The number of sulfonamides is 1.